The lowest BCUT2D eigenvalue weighted by Gasteiger charge is -2.00. The standard InChI is InChI=1S/C9H10N2/c1-3-6-10-9-5-4-8(2)11-7-9/h1,4-5,7,10H,6H2,2H3. The average Bonchev–Trinajstić information content (AvgIpc) is 2.04. The smallest absolute Gasteiger partial charge is 0.0763 e. The van der Waals surface area contributed by atoms with Gasteiger partial charge in [0.1, 0.15) is 0 Å². The minimum atomic E-state index is 0.546. The summed E-state index contributed by atoms with van der Waals surface area (Å²) in [6.45, 7) is 2.50. The van der Waals surface area contributed by atoms with Crippen molar-refractivity contribution >= 4 is 5.69 Å². The molecule has 0 saturated heterocycles. The molecule has 0 aromatic carbocycles. The summed E-state index contributed by atoms with van der Waals surface area (Å²) in [4.78, 5) is 4.10. The lowest BCUT2D eigenvalue weighted by atomic mass is 10.3. The fraction of sp³-hybridized carbons (Fsp3) is 0.222. The molecule has 0 aliphatic heterocycles. The lowest BCUT2D eigenvalue weighted by Crippen LogP contribution is -1.98. The van der Waals surface area contributed by atoms with Crippen molar-refractivity contribution in [3.8, 4) is 12.3 Å². The molecule has 0 bridgehead atoms. The fourth-order valence-electron chi connectivity index (χ4n) is 0.725. The van der Waals surface area contributed by atoms with Crippen LogP contribution in [0.2, 0.25) is 0 Å². The summed E-state index contributed by atoms with van der Waals surface area (Å²) in [6, 6.07) is 3.90. The first-order chi connectivity index (χ1) is 5.33. The van der Waals surface area contributed by atoms with Gasteiger partial charge in [-0.2, -0.15) is 0 Å². The summed E-state index contributed by atoms with van der Waals surface area (Å²) in [5.41, 5.74) is 1.98. The number of anilines is 1. The molecule has 0 fully saturated rings. The van der Waals surface area contributed by atoms with E-state index in [1.807, 2.05) is 19.1 Å². The molecule has 0 radical (unpaired) electrons. The van der Waals surface area contributed by atoms with Crippen LogP contribution in [0.4, 0.5) is 5.69 Å². The van der Waals surface area contributed by atoms with E-state index in [0.29, 0.717) is 6.54 Å². The fourth-order valence-corrected chi connectivity index (χ4v) is 0.725. The molecule has 1 N–H and O–H groups in total. The molecule has 56 valence electrons. The molecule has 1 aromatic heterocycles. The van der Waals surface area contributed by atoms with Gasteiger partial charge in [0.25, 0.3) is 0 Å². The number of nitrogens with one attached hydrogen (secondary N) is 1. The molecule has 0 aliphatic carbocycles. The molecule has 0 saturated carbocycles. The van der Waals surface area contributed by atoms with Crippen LogP contribution in [0.5, 0.6) is 0 Å². The van der Waals surface area contributed by atoms with E-state index in [0.717, 1.165) is 11.4 Å². The van der Waals surface area contributed by atoms with Crippen molar-refractivity contribution in [2.45, 2.75) is 6.92 Å². The summed E-state index contributed by atoms with van der Waals surface area (Å²) in [5, 5.41) is 3.02. The van der Waals surface area contributed by atoms with E-state index < -0.39 is 0 Å². The third-order valence-corrected chi connectivity index (χ3v) is 1.31. The Labute approximate surface area is 66.7 Å². The van der Waals surface area contributed by atoms with Crippen LogP contribution >= 0.6 is 0 Å². The SMILES string of the molecule is C#CCNc1ccc(C)nc1. The number of pyridine rings is 1. The van der Waals surface area contributed by atoms with Crippen LogP contribution in [0.1, 0.15) is 5.69 Å². The van der Waals surface area contributed by atoms with Gasteiger partial charge in [0.2, 0.25) is 0 Å². The van der Waals surface area contributed by atoms with Gasteiger partial charge in [-0.1, -0.05) is 5.92 Å². The van der Waals surface area contributed by atoms with Crippen molar-refractivity contribution in [2.75, 3.05) is 11.9 Å². The first-order valence-corrected chi connectivity index (χ1v) is 3.43. The van der Waals surface area contributed by atoms with E-state index in [1.54, 1.807) is 6.20 Å². The summed E-state index contributed by atoms with van der Waals surface area (Å²) in [6.07, 6.45) is 6.84. The highest BCUT2D eigenvalue weighted by Gasteiger charge is 1.88. The topological polar surface area (TPSA) is 24.9 Å². The van der Waals surface area contributed by atoms with Gasteiger partial charge in [-0.05, 0) is 19.1 Å². The normalized spacial score (nSPS) is 8.73. The highest BCUT2D eigenvalue weighted by molar-refractivity contribution is 5.41. The Morgan fingerprint density at radius 2 is 2.45 bits per heavy atom. The minimum Gasteiger partial charge on any atom is -0.373 e. The number of terminal acetylenes is 1. The Bertz CT molecular complexity index is 256. The maximum atomic E-state index is 5.07. The van der Waals surface area contributed by atoms with Gasteiger partial charge in [-0.15, -0.1) is 6.42 Å². The molecule has 0 amide bonds. The third-order valence-electron chi connectivity index (χ3n) is 1.31. The van der Waals surface area contributed by atoms with Crippen LogP contribution in [0.3, 0.4) is 0 Å². The largest absolute Gasteiger partial charge is 0.373 e. The van der Waals surface area contributed by atoms with Gasteiger partial charge < -0.3 is 5.32 Å². The molecule has 0 aliphatic rings. The van der Waals surface area contributed by atoms with Crippen LogP contribution in [0.15, 0.2) is 18.3 Å². The summed E-state index contributed by atoms with van der Waals surface area (Å²) >= 11 is 0. The molecule has 11 heavy (non-hydrogen) atoms. The summed E-state index contributed by atoms with van der Waals surface area (Å²) in [5.74, 6) is 2.49. The average molecular weight is 146 g/mol. The van der Waals surface area contributed by atoms with E-state index in [2.05, 4.69) is 16.2 Å². The maximum Gasteiger partial charge on any atom is 0.0763 e. The lowest BCUT2D eigenvalue weighted by molar-refractivity contribution is 1.19. The van der Waals surface area contributed by atoms with Gasteiger partial charge in [0, 0.05) is 5.69 Å². The van der Waals surface area contributed by atoms with Gasteiger partial charge >= 0.3 is 0 Å². The van der Waals surface area contributed by atoms with Crippen molar-refractivity contribution < 1.29 is 0 Å². The Morgan fingerprint density at radius 1 is 1.64 bits per heavy atom. The van der Waals surface area contributed by atoms with E-state index >= 15 is 0 Å². The van der Waals surface area contributed by atoms with Crippen LogP contribution in [-0.2, 0) is 0 Å². The van der Waals surface area contributed by atoms with E-state index in [4.69, 9.17) is 6.42 Å². The van der Waals surface area contributed by atoms with Crippen LogP contribution < -0.4 is 5.32 Å². The summed E-state index contributed by atoms with van der Waals surface area (Å²) < 4.78 is 0. The molecule has 2 heteroatoms. The molecule has 2 nitrogen and oxygen atoms in total. The molecular formula is C9H10N2. The zero-order valence-corrected chi connectivity index (χ0v) is 6.46. The van der Waals surface area contributed by atoms with Gasteiger partial charge in [-0.25, -0.2) is 0 Å². The van der Waals surface area contributed by atoms with Crippen LogP contribution in [-0.4, -0.2) is 11.5 Å². The third kappa shape index (κ3) is 2.30. The molecule has 1 rings (SSSR count). The molecule has 1 heterocycles. The second-order valence-electron chi connectivity index (χ2n) is 2.25. The monoisotopic (exact) mass is 146 g/mol. The van der Waals surface area contributed by atoms with E-state index in [1.165, 1.54) is 0 Å². The first-order valence-electron chi connectivity index (χ1n) is 3.43. The molecule has 0 unspecified atom stereocenters. The zero-order chi connectivity index (χ0) is 8.10. The Morgan fingerprint density at radius 3 is 3.00 bits per heavy atom. The highest BCUT2D eigenvalue weighted by Crippen LogP contribution is 2.03. The maximum absolute atomic E-state index is 5.07. The van der Waals surface area contributed by atoms with E-state index in [-0.39, 0.29) is 0 Å². The Kier molecular flexibility index (Phi) is 2.51. The van der Waals surface area contributed by atoms with Crippen LogP contribution in [0.25, 0.3) is 0 Å². The van der Waals surface area contributed by atoms with Crippen LogP contribution in [0, 0.1) is 19.3 Å². The second-order valence-corrected chi connectivity index (χ2v) is 2.25. The predicted molar refractivity (Wildman–Crippen MR) is 46.3 cm³/mol. The number of nitrogens with zero attached hydrogens (tertiary/aromatic N) is 1. The minimum absolute atomic E-state index is 0.546. The highest BCUT2D eigenvalue weighted by atomic mass is 14.9. The zero-order valence-electron chi connectivity index (χ0n) is 6.46. The van der Waals surface area contributed by atoms with Crippen molar-refractivity contribution in [1.29, 1.82) is 0 Å². The Hall–Kier alpha value is -1.49. The number of rotatable bonds is 2. The summed E-state index contributed by atoms with van der Waals surface area (Å²) in [7, 11) is 0. The van der Waals surface area contributed by atoms with Crippen molar-refractivity contribution in [3.63, 3.8) is 0 Å². The molecular weight excluding hydrogens is 136 g/mol. The van der Waals surface area contributed by atoms with Crippen molar-refractivity contribution in [1.82, 2.24) is 4.98 Å². The molecule has 1 aromatic rings. The number of aromatic nitrogens is 1. The quantitative estimate of drug-likeness (QED) is 0.638. The number of hydrogen-bond donors (Lipinski definition) is 1. The Balaban J connectivity index is 2.60. The van der Waals surface area contributed by atoms with Crippen molar-refractivity contribution in [3.05, 3.63) is 24.0 Å². The number of aryl methyl sites for hydroxylation is 1. The van der Waals surface area contributed by atoms with Crippen molar-refractivity contribution in [2.24, 2.45) is 0 Å². The second kappa shape index (κ2) is 3.62. The van der Waals surface area contributed by atoms with Gasteiger partial charge in [0.05, 0.1) is 18.4 Å². The van der Waals surface area contributed by atoms with Gasteiger partial charge in [0.15, 0.2) is 0 Å². The van der Waals surface area contributed by atoms with Gasteiger partial charge in [-0.3, -0.25) is 4.98 Å². The van der Waals surface area contributed by atoms with E-state index in [9.17, 15) is 0 Å². The number of hydrogen-bond acceptors (Lipinski definition) is 2. The predicted octanol–water partition coefficient (Wildman–Crippen LogP) is 1.44. The molecule has 0 atom stereocenters. The first kappa shape index (κ1) is 7.62. The molecule has 0 spiro atoms.